The van der Waals surface area contributed by atoms with E-state index in [1.165, 1.54) is 0 Å². The average Bonchev–Trinajstić information content (AvgIpc) is 2.80. The summed E-state index contributed by atoms with van der Waals surface area (Å²) in [6, 6.07) is -0.164. The Kier molecular flexibility index (Phi) is 4.98. The molecule has 0 radical (unpaired) electrons. The van der Waals surface area contributed by atoms with Crippen LogP contribution in [0.15, 0.2) is 12.5 Å². The van der Waals surface area contributed by atoms with Crippen molar-refractivity contribution in [3.63, 3.8) is 0 Å². The number of rotatable bonds is 6. The van der Waals surface area contributed by atoms with Gasteiger partial charge in [0.2, 0.25) is 5.91 Å². The van der Waals surface area contributed by atoms with E-state index in [4.69, 9.17) is 0 Å². The summed E-state index contributed by atoms with van der Waals surface area (Å²) in [7, 11) is 0. The average molecular weight is 224 g/mol. The maximum atomic E-state index is 11.9. The number of carbonyl (C=O) groups is 1. The van der Waals surface area contributed by atoms with Gasteiger partial charge in [-0.25, -0.2) is 4.98 Å². The number of nitrogens with one attached hydrogen (secondary N) is 2. The SMILES string of the molecule is CCN(CC)C(=O)C(C)NCc1cnc[nH]1. The van der Waals surface area contributed by atoms with Crippen molar-refractivity contribution in [1.82, 2.24) is 20.2 Å². The van der Waals surface area contributed by atoms with Gasteiger partial charge in [0.15, 0.2) is 0 Å². The summed E-state index contributed by atoms with van der Waals surface area (Å²) in [5, 5.41) is 3.17. The Labute approximate surface area is 96.3 Å². The van der Waals surface area contributed by atoms with E-state index >= 15 is 0 Å². The molecule has 0 aliphatic heterocycles. The number of H-pyrrole nitrogens is 1. The van der Waals surface area contributed by atoms with E-state index in [2.05, 4.69) is 15.3 Å². The molecule has 90 valence electrons. The van der Waals surface area contributed by atoms with Gasteiger partial charge in [-0.05, 0) is 20.8 Å². The predicted molar refractivity (Wildman–Crippen MR) is 62.8 cm³/mol. The van der Waals surface area contributed by atoms with Gasteiger partial charge in [0, 0.05) is 31.5 Å². The van der Waals surface area contributed by atoms with E-state index in [-0.39, 0.29) is 11.9 Å². The molecule has 0 aliphatic rings. The Morgan fingerprint density at radius 3 is 2.75 bits per heavy atom. The Hall–Kier alpha value is -1.36. The number of imidazole rings is 1. The topological polar surface area (TPSA) is 61.0 Å². The summed E-state index contributed by atoms with van der Waals surface area (Å²) in [6.45, 7) is 8.01. The number of amides is 1. The summed E-state index contributed by atoms with van der Waals surface area (Å²) < 4.78 is 0. The molecular formula is C11H20N4O. The molecule has 1 heterocycles. The minimum atomic E-state index is -0.164. The van der Waals surface area contributed by atoms with Crippen LogP contribution in [0.25, 0.3) is 0 Å². The molecule has 1 unspecified atom stereocenters. The number of aromatic amines is 1. The lowest BCUT2D eigenvalue weighted by atomic mass is 10.2. The molecule has 0 aromatic carbocycles. The first-order chi connectivity index (χ1) is 7.69. The highest BCUT2D eigenvalue weighted by molar-refractivity contribution is 5.81. The highest BCUT2D eigenvalue weighted by Gasteiger charge is 2.17. The lowest BCUT2D eigenvalue weighted by molar-refractivity contribution is -0.132. The normalized spacial score (nSPS) is 12.4. The first-order valence-corrected chi connectivity index (χ1v) is 5.68. The van der Waals surface area contributed by atoms with E-state index in [1.807, 2.05) is 25.7 Å². The van der Waals surface area contributed by atoms with Crippen molar-refractivity contribution in [3.05, 3.63) is 18.2 Å². The van der Waals surface area contributed by atoms with Crippen LogP contribution in [0.4, 0.5) is 0 Å². The van der Waals surface area contributed by atoms with E-state index in [1.54, 1.807) is 12.5 Å². The highest BCUT2D eigenvalue weighted by Crippen LogP contribution is 1.97. The summed E-state index contributed by atoms with van der Waals surface area (Å²) >= 11 is 0. The molecule has 1 atom stereocenters. The number of hydrogen-bond acceptors (Lipinski definition) is 3. The second-order valence-corrected chi connectivity index (χ2v) is 3.69. The van der Waals surface area contributed by atoms with Crippen LogP contribution in [0, 0.1) is 0 Å². The van der Waals surface area contributed by atoms with Crippen molar-refractivity contribution in [3.8, 4) is 0 Å². The number of aromatic nitrogens is 2. The van der Waals surface area contributed by atoms with Crippen LogP contribution in [0.5, 0.6) is 0 Å². The van der Waals surface area contributed by atoms with Crippen LogP contribution in [0.1, 0.15) is 26.5 Å². The van der Waals surface area contributed by atoms with E-state index in [9.17, 15) is 4.79 Å². The first kappa shape index (κ1) is 12.7. The Morgan fingerprint density at radius 1 is 1.56 bits per heavy atom. The van der Waals surface area contributed by atoms with E-state index in [0.717, 1.165) is 18.8 Å². The zero-order valence-corrected chi connectivity index (χ0v) is 10.2. The van der Waals surface area contributed by atoms with Crippen molar-refractivity contribution in [2.24, 2.45) is 0 Å². The molecule has 1 amide bonds. The molecule has 16 heavy (non-hydrogen) atoms. The smallest absolute Gasteiger partial charge is 0.239 e. The lowest BCUT2D eigenvalue weighted by Gasteiger charge is -2.23. The van der Waals surface area contributed by atoms with Crippen LogP contribution in [-0.4, -0.2) is 39.9 Å². The van der Waals surface area contributed by atoms with Gasteiger partial charge in [-0.15, -0.1) is 0 Å². The van der Waals surface area contributed by atoms with Crippen LogP contribution in [-0.2, 0) is 11.3 Å². The molecule has 0 spiro atoms. The summed E-state index contributed by atoms with van der Waals surface area (Å²) in [4.78, 5) is 20.6. The van der Waals surface area contributed by atoms with Gasteiger partial charge in [-0.2, -0.15) is 0 Å². The van der Waals surface area contributed by atoms with Crippen molar-refractivity contribution in [2.75, 3.05) is 13.1 Å². The Bertz CT molecular complexity index is 306. The fourth-order valence-corrected chi connectivity index (χ4v) is 1.54. The van der Waals surface area contributed by atoms with Crippen LogP contribution in [0.2, 0.25) is 0 Å². The van der Waals surface area contributed by atoms with Gasteiger partial charge >= 0.3 is 0 Å². The standard InChI is InChI=1S/C11H20N4O/c1-4-15(5-2)11(16)9(3)13-7-10-6-12-8-14-10/h6,8-9,13H,4-5,7H2,1-3H3,(H,12,14). The third kappa shape index (κ3) is 3.34. The fraction of sp³-hybridized carbons (Fsp3) is 0.636. The summed E-state index contributed by atoms with van der Waals surface area (Å²) in [6.07, 6.45) is 3.38. The molecule has 0 saturated carbocycles. The van der Waals surface area contributed by atoms with E-state index < -0.39 is 0 Å². The molecule has 5 nitrogen and oxygen atoms in total. The van der Waals surface area contributed by atoms with Crippen molar-refractivity contribution < 1.29 is 4.79 Å². The molecule has 0 saturated heterocycles. The molecule has 5 heteroatoms. The fourth-order valence-electron chi connectivity index (χ4n) is 1.54. The van der Waals surface area contributed by atoms with Crippen LogP contribution in [0.3, 0.4) is 0 Å². The third-order valence-corrected chi connectivity index (χ3v) is 2.60. The van der Waals surface area contributed by atoms with Crippen molar-refractivity contribution in [2.45, 2.75) is 33.4 Å². The number of carbonyl (C=O) groups excluding carboxylic acids is 1. The molecule has 1 rings (SSSR count). The minimum absolute atomic E-state index is 0.143. The van der Waals surface area contributed by atoms with Gasteiger partial charge < -0.3 is 15.2 Å². The second-order valence-electron chi connectivity index (χ2n) is 3.69. The van der Waals surface area contributed by atoms with Gasteiger partial charge in [-0.1, -0.05) is 0 Å². The molecule has 0 bridgehead atoms. The maximum Gasteiger partial charge on any atom is 0.239 e. The van der Waals surface area contributed by atoms with Gasteiger partial charge in [0.25, 0.3) is 0 Å². The quantitative estimate of drug-likeness (QED) is 0.750. The number of nitrogens with zero attached hydrogens (tertiary/aromatic N) is 2. The van der Waals surface area contributed by atoms with Crippen LogP contribution < -0.4 is 5.32 Å². The zero-order chi connectivity index (χ0) is 12.0. The van der Waals surface area contributed by atoms with E-state index in [0.29, 0.717) is 6.54 Å². The Morgan fingerprint density at radius 2 is 2.25 bits per heavy atom. The molecule has 0 aliphatic carbocycles. The predicted octanol–water partition coefficient (Wildman–Crippen LogP) is 0.756. The number of hydrogen-bond donors (Lipinski definition) is 2. The molecule has 2 N–H and O–H groups in total. The highest BCUT2D eigenvalue weighted by atomic mass is 16.2. The number of likely N-dealkylation sites (N-methyl/N-ethyl adjacent to an activating group) is 1. The molecule has 0 fully saturated rings. The Balaban J connectivity index is 2.39. The lowest BCUT2D eigenvalue weighted by Crippen LogP contribution is -2.44. The molecule has 1 aromatic rings. The van der Waals surface area contributed by atoms with Gasteiger partial charge in [-0.3, -0.25) is 4.79 Å². The first-order valence-electron chi connectivity index (χ1n) is 5.68. The van der Waals surface area contributed by atoms with Crippen LogP contribution >= 0.6 is 0 Å². The monoisotopic (exact) mass is 224 g/mol. The molecular weight excluding hydrogens is 204 g/mol. The van der Waals surface area contributed by atoms with Crippen molar-refractivity contribution >= 4 is 5.91 Å². The molecule has 1 aromatic heterocycles. The third-order valence-electron chi connectivity index (χ3n) is 2.60. The zero-order valence-electron chi connectivity index (χ0n) is 10.2. The summed E-state index contributed by atoms with van der Waals surface area (Å²) in [5.41, 5.74) is 0.985. The van der Waals surface area contributed by atoms with Crippen molar-refractivity contribution in [1.29, 1.82) is 0 Å². The second kappa shape index (κ2) is 6.27. The van der Waals surface area contributed by atoms with Gasteiger partial charge in [0.05, 0.1) is 12.4 Å². The maximum absolute atomic E-state index is 11.9. The van der Waals surface area contributed by atoms with Gasteiger partial charge in [0.1, 0.15) is 0 Å². The minimum Gasteiger partial charge on any atom is -0.347 e. The summed E-state index contributed by atoms with van der Waals surface area (Å²) in [5.74, 6) is 0.143. The largest absolute Gasteiger partial charge is 0.347 e.